The Bertz CT molecular complexity index is 315. The van der Waals surface area contributed by atoms with Gasteiger partial charge in [0.05, 0.1) is 0 Å². The number of hydrogen-bond acceptors (Lipinski definition) is 1. The highest BCUT2D eigenvalue weighted by Gasteiger charge is 2.42. The second kappa shape index (κ2) is 3.31. The minimum atomic E-state index is -2.38. The number of alkyl halides is 2. The molecule has 0 amide bonds. The van der Waals surface area contributed by atoms with Gasteiger partial charge in [0, 0.05) is 17.5 Å². The van der Waals surface area contributed by atoms with E-state index in [2.05, 4.69) is 0 Å². The SMILES string of the molecule is NCC1(c2ccc(C(F)F)cc2)CC1. The average molecular weight is 197 g/mol. The molecule has 0 saturated heterocycles. The van der Waals surface area contributed by atoms with Crippen LogP contribution in [-0.4, -0.2) is 6.54 Å². The molecule has 0 spiro atoms. The number of rotatable bonds is 3. The second-order valence-corrected chi connectivity index (χ2v) is 3.91. The molecule has 0 heterocycles. The smallest absolute Gasteiger partial charge is 0.263 e. The van der Waals surface area contributed by atoms with Crippen LogP contribution in [0.15, 0.2) is 24.3 Å². The summed E-state index contributed by atoms with van der Waals surface area (Å²) in [4.78, 5) is 0. The van der Waals surface area contributed by atoms with E-state index in [0.29, 0.717) is 6.54 Å². The molecule has 0 bridgehead atoms. The Kier molecular flexibility index (Phi) is 2.27. The minimum Gasteiger partial charge on any atom is -0.330 e. The quantitative estimate of drug-likeness (QED) is 0.792. The van der Waals surface area contributed by atoms with Crippen LogP contribution in [0.4, 0.5) is 8.78 Å². The van der Waals surface area contributed by atoms with Gasteiger partial charge in [-0.2, -0.15) is 0 Å². The maximum atomic E-state index is 12.3. The van der Waals surface area contributed by atoms with Crippen LogP contribution in [0.2, 0.25) is 0 Å². The van der Waals surface area contributed by atoms with Crippen molar-refractivity contribution in [2.75, 3.05) is 6.54 Å². The minimum absolute atomic E-state index is 0.0848. The lowest BCUT2D eigenvalue weighted by molar-refractivity contribution is 0.151. The van der Waals surface area contributed by atoms with Crippen LogP contribution in [-0.2, 0) is 5.41 Å². The summed E-state index contributed by atoms with van der Waals surface area (Å²) < 4.78 is 24.5. The zero-order valence-electron chi connectivity index (χ0n) is 7.84. The highest BCUT2D eigenvalue weighted by molar-refractivity contribution is 5.34. The van der Waals surface area contributed by atoms with Gasteiger partial charge in [-0.15, -0.1) is 0 Å². The molecule has 0 unspecified atom stereocenters. The monoisotopic (exact) mass is 197 g/mol. The van der Waals surface area contributed by atoms with Gasteiger partial charge in [-0.05, 0) is 18.4 Å². The van der Waals surface area contributed by atoms with Crippen molar-refractivity contribution >= 4 is 0 Å². The third kappa shape index (κ3) is 1.52. The first-order chi connectivity index (χ1) is 6.68. The molecule has 1 aliphatic rings. The summed E-state index contributed by atoms with van der Waals surface area (Å²) in [5.41, 5.74) is 6.93. The molecule has 0 aliphatic heterocycles. The summed E-state index contributed by atoms with van der Waals surface area (Å²) in [5.74, 6) is 0. The lowest BCUT2D eigenvalue weighted by Crippen LogP contribution is -2.19. The molecule has 2 N–H and O–H groups in total. The molecule has 1 aliphatic carbocycles. The molecule has 1 aromatic carbocycles. The van der Waals surface area contributed by atoms with Gasteiger partial charge in [-0.1, -0.05) is 24.3 Å². The van der Waals surface area contributed by atoms with Crippen LogP contribution < -0.4 is 5.73 Å². The molecule has 3 heteroatoms. The van der Waals surface area contributed by atoms with E-state index in [-0.39, 0.29) is 11.0 Å². The normalized spacial score (nSPS) is 18.6. The molecule has 0 atom stereocenters. The molecular formula is C11H13F2N. The highest BCUT2D eigenvalue weighted by atomic mass is 19.3. The standard InChI is InChI=1S/C11H13F2N/c12-10(13)8-1-3-9(4-2-8)11(7-14)5-6-11/h1-4,10H,5-7,14H2. The Morgan fingerprint density at radius 1 is 1.21 bits per heavy atom. The Labute approximate surface area is 81.9 Å². The van der Waals surface area contributed by atoms with Gasteiger partial charge in [0.2, 0.25) is 0 Å². The van der Waals surface area contributed by atoms with E-state index in [1.807, 2.05) is 0 Å². The van der Waals surface area contributed by atoms with E-state index in [1.54, 1.807) is 12.1 Å². The fourth-order valence-electron chi connectivity index (χ4n) is 1.74. The largest absolute Gasteiger partial charge is 0.330 e. The first kappa shape index (κ1) is 9.59. The Morgan fingerprint density at radius 2 is 1.79 bits per heavy atom. The average Bonchev–Trinajstić information content (AvgIpc) is 2.99. The Morgan fingerprint density at radius 3 is 2.14 bits per heavy atom. The van der Waals surface area contributed by atoms with Gasteiger partial charge < -0.3 is 5.73 Å². The van der Waals surface area contributed by atoms with Gasteiger partial charge in [0.1, 0.15) is 0 Å². The van der Waals surface area contributed by atoms with Crippen molar-refractivity contribution < 1.29 is 8.78 Å². The molecule has 1 fully saturated rings. The number of benzene rings is 1. The molecular weight excluding hydrogens is 184 g/mol. The van der Waals surface area contributed by atoms with Crippen molar-refractivity contribution in [1.29, 1.82) is 0 Å². The first-order valence-electron chi connectivity index (χ1n) is 4.77. The molecule has 1 nitrogen and oxygen atoms in total. The first-order valence-corrected chi connectivity index (χ1v) is 4.77. The lowest BCUT2D eigenvalue weighted by atomic mass is 9.95. The van der Waals surface area contributed by atoms with Gasteiger partial charge >= 0.3 is 0 Å². The summed E-state index contributed by atoms with van der Waals surface area (Å²) in [5, 5.41) is 0. The van der Waals surface area contributed by atoms with Crippen molar-refractivity contribution in [2.24, 2.45) is 5.73 Å². The summed E-state index contributed by atoms with van der Waals surface area (Å²) in [7, 11) is 0. The zero-order valence-corrected chi connectivity index (χ0v) is 7.84. The highest BCUT2D eigenvalue weighted by Crippen LogP contribution is 2.47. The van der Waals surface area contributed by atoms with Crippen molar-refractivity contribution in [1.82, 2.24) is 0 Å². The number of halogens is 2. The van der Waals surface area contributed by atoms with Gasteiger partial charge in [0.25, 0.3) is 6.43 Å². The molecule has 2 rings (SSSR count). The predicted octanol–water partition coefficient (Wildman–Crippen LogP) is 2.61. The van der Waals surface area contributed by atoms with Crippen LogP contribution in [0.25, 0.3) is 0 Å². The maximum Gasteiger partial charge on any atom is 0.263 e. The molecule has 0 radical (unpaired) electrons. The van der Waals surface area contributed by atoms with E-state index >= 15 is 0 Å². The van der Waals surface area contributed by atoms with E-state index in [1.165, 1.54) is 12.1 Å². The van der Waals surface area contributed by atoms with Gasteiger partial charge in [-0.3, -0.25) is 0 Å². The molecule has 1 saturated carbocycles. The summed E-state index contributed by atoms with van der Waals surface area (Å²) in [6.45, 7) is 0.612. The topological polar surface area (TPSA) is 26.0 Å². The molecule has 14 heavy (non-hydrogen) atoms. The lowest BCUT2D eigenvalue weighted by Gasteiger charge is -2.12. The van der Waals surface area contributed by atoms with Crippen LogP contribution in [0.1, 0.15) is 30.4 Å². The third-order valence-electron chi connectivity index (χ3n) is 3.02. The second-order valence-electron chi connectivity index (χ2n) is 3.91. The van der Waals surface area contributed by atoms with Crippen LogP contribution in [0.3, 0.4) is 0 Å². The summed E-state index contributed by atoms with van der Waals surface area (Å²) in [6, 6.07) is 6.55. The van der Waals surface area contributed by atoms with E-state index in [0.717, 1.165) is 18.4 Å². The van der Waals surface area contributed by atoms with E-state index in [9.17, 15) is 8.78 Å². The third-order valence-corrected chi connectivity index (χ3v) is 3.02. The predicted molar refractivity (Wildman–Crippen MR) is 51.4 cm³/mol. The summed E-state index contributed by atoms with van der Waals surface area (Å²) >= 11 is 0. The Balaban J connectivity index is 2.22. The van der Waals surface area contributed by atoms with E-state index in [4.69, 9.17) is 5.73 Å². The van der Waals surface area contributed by atoms with Crippen LogP contribution in [0.5, 0.6) is 0 Å². The summed E-state index contributed by atoms with van der Waals surface area (Å²) in [6.07, 6.45) is -0.216. The fourth-order valence-corrected chi connectivity index (χ4v) is 1.74. The van der Waals surface area contributed by atoms with Crippen LogP contribution in [0, 0.1) is 0 Å². The molecule has 76 valence electrons. The Hall–Kier alpha value is -0.960. The zero-order chi connectivity index (χ0) is 10.2. The van der Waals surface area contributed by atoms with Gasteiger partial charge in [-0.25, -0.2) is 8.78 Å². The van der Waals surface area contributed by atoms with Gasteiger partial charge in [0.15, 0.2) is 0 Å². The van der Waals surface area contributed by atoms with Crippen LogP contribution >= 0.6 is 0 Å². The van der Waals surface area contributed by atoms with Crippen molar-refractivity contribution in [3.63, 3.8) is 0 Å². The molecule has 1 aromatic rings. The van der Waals surface area contributed by atoms with Crippen molar-refractivity contribution in [3.05, 3.63) is 35.4 Å². The number of nitrogens with two attached hydrogens (primary N) is 1. The van der Waals surface area contributed by atoms with Crippen molar-refractivity contribution in [2.45, 2.75) is 24.7 Å². The maximum absolute atomic E-state index is 12.3. The number of hydrogen-bond donors (Lipinski definition) is 1. The molecule has 0 aromatic heterocycles. The van der Waals surface area contributed by atoms with Crippen molar-refractivity contribution in [3.8, 4) is 0 Å². The fraction of sp³-hybridized carbons (Fsp3) is 0.455. The van der Waals surface area contributed by atoms with E-state index < -0.39 is 6.43 Å².